The summed E-state index contributed by atoms with van der Waals surface area (Å²) in [5.41, 5.74) is 0.663. The van der Waals surface area contributed by atoms with Crippen LogP contribution in [0.15, 0.2) is 40.9 Å². The van der Waals surface area contributed by atoms with Crippen molar-refractivity contribution in [1.29, 1.82) is 0 Å². The smallest absolute Gasteiger partial charge is 0.204 e. The van der Waals surface area contributed by atoms with Crippen molar-refractivity contribution in [2.45, 2.75) is 0 Å². The number of hydrogen-bond acceptors (Lipinski definition) is 2. The van der Waals surface area contributed by atoms with Gasteiger partial charge in [0.2, 0.25) is 5.78 Å². The quantitative estimate of drug-likeness (QED) is 0.752. The number of carbonyl (C=O) groups is 1. The van der Waals surface area contributed by atoms with Crippen LogP contribution in [0.5, 0.6) is 0 Å². The third-order valence-electron chi connectivity index (χ3n) is 1.92. The average Bonchev–Trinajstić information content (AvgIpc) is 2.65. The topological polar surface area (TPSA) is 17.1 Å². The molecule has 0 aliphatic heterocycles. The third kappa shape index (κ3) is 2.30. The molecule has 0 saturated carbocycles. The first-order valence-corrected chi connectivity index (χ1v) is 6.22. The predicted molar refractivity (Wildman–Crippen MR) is 66.9 cm³/mol. The molecule has 0 atom stereocenters. The van der Waals surface area contributed by atoms with E-state index >= 15 is 0 Å². The molecule has 1 aromatic heterocycles. The van der Waals surface area contributed by atoms with Gasteiger partial charge in [-0.3, -0.25) is 4.79 Å². The van der Waals surface area contributed by atoms with Crippen molar-refractivity contribution < 1.29 is 4.79 Å². The van der Waals surface area contributed by atoms with E-state index in [2.05, 4.69) is 15.9 Å². The standard InChI is InChI=1S/C11H6BrClOS/c12-8-4-2-1-3-7(8)11(14)9-5-6-10(13)15-9/h1-6H. The highest BCUT2D eigenvalue weighted by atomic mass is 79.9. The first kappa shape index (κ1) is 10.9. The zero-order valence-corrected chi connectivity index (χ0v) is 10.7. The molecule has 4 heteroatoms. The van der Waals surface area contributed by atoms with Crippen LogP contribution in [0.25, 0.3) is 0 Å². The SMILES string of the molecule is O=C(c1ccc(Cl)s1)c1ccccc1Br. The van der Waals surface area contributed by atoms with Crippen LogP contribution in [0.4, 0.5) is 0 Å². The molecule has 76 valence electrons. The fourth-order valence-electron chi connectivity index (χ4n) is 1.21. The Balaban J connectivity index is 2.41. The third-order valence-corrected chi connectivity index (χ3v) is 3.84. The van der Waals surface area contributed by atoms with Crippen molar-refractivity contribution in [3.05, 3.63) is 55.6 Å². The number of carbonyl (C=O) groups excluding carboxylic acids is 1. The Kier molecular flexibility index (Phi) is 3.24. The van der Waals surface area contributed by atoms with Gasteiger partial charge in [0.25, 0.3) is 0 Å². The monoisotopic (exact) mass is 300 g/mol. The Morgan fingerprint density at radius 3 is 2.53 bits per heavy atom. The summed E-state index contributed by atoms with van der Waals surface area (Å²) < 4.78 is 1.44. The molecule has 1 heterocycles. The first-order chi connectivity index (χ1) is 7.18. The maximum absolute atomic E-state index is 12.0. The van der Waals surface area contributed by atoms with Crippen molar-refractivity contribution in [2.75, 3.05) is 0 Å². The van der Waals surface area contributed by atoms with Gasteiger partial charge in [-0.25, -0.2) is 0 Å². The van der Waals surface area contributed by atoms with Crippen molar-refractivity contribution >= 4 is 44.7 Å². The van der Waals surface area contributed by atoms with Crippen LogP contribution in [0, 0.1) is 0 Å². The molecule has 0 unspecified atom stereocenters. The molecule has 0 aliphatic carbocycles. The van der Waals surface area contributed by atoms with E-state index in [1.54, 1.807) is 18.2 Å². The van der Waals surface area contributed by atoms with Gasteiger partial charge in [-0.1, -0.05) is 39.7 Å². The summed E-state index contributed by atoms with van der Waals surface area (Å²) in [7, 11) is 0. The lowest BCUT2D eigenvalue weighted by molar-refractivity contribution is 0.104. The van der Waals surface area contributed by atoms with E-state index in [1.807, 2.05) is 18.2 Å². The highest BCUT2D eigenvalue weighted by molar-refractivity contribution is 9.10. The second kappa shape index (κ2) is 4.47. The number of thiophene rings is 1. The van der Waals surface area contributed by atoms with Crippen LogP contribution in [-0.2, 0) is 0 Å². The molecule has 0 saturated heterocycles. The fraction of sp³-hybridized carbons (Fsp3) is 0. The molecular formula is C11H6BrClOS. The number of rotatable bonds is 2. The van der Waals surface area contributed by atoms with Gasteiger partial charge in [0.1, 0.15) is 0 Å². The minimum Gasteiger partial charge on any atom is -0.288 e. The Hall–Kier alpha value is -0.640. The molecule has 0 fully saturated rings. The summed E-state index contributed by atoms with van der Waals surface area (Å²) in [4.78, 5) is 12.7. The van der Waals surface area contributed by atoms with Crippen LogP contribution in [0.1, 0.15) is 15.2 Å². The van der Waals surface area contributed by atoms with E-state index in [1.165, 1.54) is 11.3 Å². The van der Waals surface area contributed by atoms with Crippen molar-refractivity contribution in [2.24, 2.45) is 0 Å². The number of ketones is 1. The molecule has 15 heavy (non-hydrogen) atoms. The first-order valence-electron chi connectivity index (χ1n) is 4.23. The molecular weight excluding hydrogens is 296 g/mol. The molecule has 2 rings (SSSR count). The van der Waals surface area contributed by atoms with Crippen LogP contribution in [0.2, 0.25) is 4.34 Å². The van der Waals surface area contributed by atoms with Crippen molar-refractivity contribution in [1.82, 2.24) is 0 Å². The van der Waals surface area contributed by atoms with Gasteiger partial charge in [-0.05, 0) is 24.3 Å². The van der Waals surface area contributed by atoms with E-state index in [0.717, 1.165) is 4.47 Å². The Labute approximate surface area is 105 Å². The van der Waals surface area contributed by atoms with Crippen LogP contribution >= 0.6 is 38.9 Å². The van der Waals surface area contributed by atoms with Gasteiger partial charge in [0.05, 0.1) is 9.21 Å². The van der Waals surface area contributed by atoms with E-state index in [0.29, 0.717) is 14.8 Å². The average molecular weight is 302 g/mol. The molecule has 1 aromatic carbocycles. The number of hydrogen-bond donors (Lipinski definition) is 0. The lowest BCUT2D eigenvalue weighted by Gasteiger charge is -2.00. The van der Waals surface area contributed by atoms with E-state index in [9.17, 15) is 4.79 Å². The van der Waals surface area contributed by atoms with Crippen LogP contribution < -0.4 is 0 Å². The molecule has 0 bridgehead atoms. The Morgan fingerprint density at radius 1 is 1.20 bits per heavy atom. The maximum Gasteiger partial charge on any atom is 0.204 e. The molecule has 0 N–H and O–H groups in total. The second-order valence-corrected chi connectivity index (χ2v) is 5.48. The van der Waals surface area contributed by atoms with Gasteiger partial charge >= 0.3 is 0 Å². The molecule has 0 aliphatic rings. The summed E-state index contributed by atoms with van der Waals surface area (Å²) in [6, 6.07) is 10.8. The minimum absolute atomic E-state index is 0.000579. The molecule has 0 amide bonds. The zero-order valence-electron chi connectivity index (χ0n) is 7.54. The number of halogens is 2. The molecule has 0 spiro atoms. The summed E-state index contributed by atoms with van der Waals surface area (Å²) >= 11 is 10.4. The normalized spacial score (nSPS) is 10.3. The lowest BCUT2D eigenvalue weighted by atomic mass is 10.1. The summed E-state index contributed by atoms with van der Waals surface area (Å²) in [6.07, 6.45) is 0. The maximum atomic E-state index is 12.0. The summed E-state index contributed by atoms with van der Waals surface area (Å²) in [6.45, 7) is 0. The molecule has 0 radical (unpaired) electrons. The fourth-order valence-corrected chi connectivity index (χ4v) is 2.68. The zero-order chi connectivity index (χ0) is 10.8. The largest absolute Gasteiger partial charge is 0.288 e. The lowest BCUT2D eigenvalue weighted by Crippen LogP contribution is -1.98. The van der Waals surface area contributed by atoms with Gasteiger partial charge in [-0.2, -0.15) is 0 Å². The highest BCUT2D eigenvalue weighted by Gasteiger charge is 2.13. The molecule has 1 nitrogen and oxygen atoms in total. The number of benzene rings is 1. The Bertz CT molecular complexity index is 507. The van der Waals surface area contributed by atoms with Crippen LogP contribution in [0.3, 0.4) is 0 Å². The molecule has 2 aromatic rings. The van der Waals surface area contributed by atoms with E-state index < -0.39 is 0 Å². The van der Waals surface area contributed by atoms with Gasteiger partial charge in [0, 0.05) is 10.0 Å². The minimum atomic E-state index is -0.000579. The predicted octanol–water partition coefficient (Wildman–Crippen LogP) is 4.40. The van der Waals surface area contributed by atoms with Crippen molar-refractivity contribution in [3.8, 4) is 0 Å². The summed E-state index contributed by atoms with van der Waals surface area (Å²) in [5.74, 6) is -0.000579. The Morgan fingerprint density at radius 2 is 1.93 bits per heavy atom. The second-order valence-electron chi connectivity index (χ2n) is 2.91. The van der Waals surface area contributed by atoms with E-state index in [-0.39, 0.29) is 5.78 Å². The van der Waals surface area contributed by atoms with Crippen LogP contribution in [-0.4, -0.2) is 5.78 Å². The van der Waals surface area contributed by atoms with Gasteiger partial charge in [-0.15, -0.1) is 11.3 Å². The van der Waals surface area contributed by atoms with Gasteiger partial charge in [0.15, 0.2) is 0 Å². The highest BCUT2D eigenvalue weighted by Crippen LogP contribution is 2.26. The van der Waals surface area contributed by atoms with E-state index in [4.69, 9.17) is 11.6 Å². The summed E-state index contributed by atoms with van der Waals surface area (Å²) in [5, 5.41) is 0. The van der Waals surface area contributed by atoms with Crippen molar-refractivity contribution in [3.63, 3.8) is 0 Å². The van der Waals surface area contributed by atoms with Gasteiger partial charge < -0.3 is 0 Å².